The number of benzene rings is 1. The van der Waals surface area contributed by atoms with E-state index in [2.05, 4.69) is 4.90 Å². The number of nitrogens with zero attached hydrogens (tertiary/aromatic N) is 1. The molecule has 1 aromatic rings. The molecule has 1 aromatic carbocycles. The maximum Gasteiger partial charge on any atom is 0.339 e. The average Bonchev–Trinajstić information content (AvgIpc) is 3.56. The SMILES string of the molecule is COC(=O)C[C@@](O)(CCC(C)(C)O)C(=O)O[C@H]1[C@@H](OC)C[C@@]23CCCN2CCc2cc4c(cc2[C@H]13)OCO4. The molecular formula is C28H39NO9. The van der Waals surface area contributed by atoms with Gasteiger partial charge < -0.3 is 33.9 Å². The Morgan fingerprint density at radius 2 is 1.87 bits per heavy atom. The minimum absolute atomic E-state index is 0.0847. The molecule has 3 aliphatic heterocycles. The van der Waals surface area contributed by atoms with Crippen LogP contribution in [0.1, 0.15) is 69.4 Å². The van der Waals surface area contributed by atoms with Crippen LogP contribution in [0, 0.1) is 0 Å². The lowest BCUT2D eigenvalue weighted by molar-refractivity contribution is -0.183. The number of carbonyl (C=O) groups excluding carboxylic acids is 2. The largest absolute Gasteiger partial charge is 0.469 e. The number of aliphatic hydroxyl groups is 2. The number of fused-ring (bicyclic) bond motifs is 3. The second-order valence-electron chi connectivity index (χ2n) is 11.8. The third-order valence-electron chi connectivity index (χ3n) is 8.86. The quantitative estimate of drug-likeness (QED) is 0.480. The Morgan fingerprint density at radius 3 is 2.55 bits per heavy atom. The summed E-state index contributed by atoms with van der Waals surface area (Å²) in [5.74, 6) is -0.479. The van der Waals surface area contributed by atoms with Gasteiger partial charge in [0, 0.05) is 25.1 Å². The Bertz CT molecular complexity index is 1080. The molecule has 0 aromatic heterocycles. The van der Waals surface area contributed by atoms with Crippen molar-refractivity contribution in [3.63, 3.8) is 0 Å². The van der Waals surface area contributed by atoms with Crippen LogP contribution in [0.3, 0.4) is 0 Å². The average molecular weight is 534 g/mol. The van der Waals surface area contributed by atoms with Crippen molar-refractivity contribution >= 4 is 11.9 Å². The molecule has 210 valence electrons. The molecule has 0 radical (unpaired) electrons. The molecule has 10 heteroatoms. The zero-order valence-corrected chi connectivity index (χ0v) is 22.7. The number of hydrogen-bond acceptors (Lipinski definition) is 10. The van der Waals surface area contributed by atoms with Crippen molar-refractivity contribution < 1.29 is 43.5 Å². The third-order valence-corrected chi connectivity index (χ3v) is 8.86. The molecule has 10 nitrogen and oxygen atoms in total. The van der Waals surface area contributed by atoms with Gasteiger partial charge in [-0.15, -0.1) is 0 Å². The smallest absolute Gasteiger partial charge is 0.339 e. The molecule has 0 bridgehead atoms. The van der Waals surface area contributed by atoms with Crippen LogP contribution in [0.5, 0.6) is 11.5 Å². The zero-order valence-electron chi connectivity index (χ0n) is 22.7. The van der Waals surface area contributed by atoms with Gasteiger partial charge in [0.1, 0.15) is 6.10 Å². The Kier molecular flexibility index (Phi) is 7.13. The summed E-state index contributed by atoms with van der Waals surface area (Å²) in [4.78, 5) is 28.4. The number of methoxy groups -OCH3 is 2. The van der Waals surface area contributed by atoms with Crippen LogP contribution >= 0.6 is 0 Å². The van der Waals surface area contributed by atoms with Gasteiger partial charge in [-0.3, -0.25) is 9.69 Å². The number of ether oxygens (including phenoxy) is 5. The van der Waals surface area contributed by atoms with Crippen molar-refractivity contribution in [1.29, 1.82) is 0 Å². The molecule has 5 atom stereocenters. The molecule has 0 amide bonds. The van der Waals surface area contributed by atoms with Crippen molar-refractivity contribution in [2.45, 2.75) is 93.7 Å². The monoisotopic (exact) mass is 533 g/mol. The zero-order chi connectivity index (χ0) is 27.3. The first-order valence-corrected chi connectivity index (χ1v) is 13.4. The Hall–Kier alpha value is -2.40. The Balaban J connectivity index is 1.52. The van der Waals surface area contributed by atoms with Gasteiger partial charge in [0.05, 0.1) is 25.2 Å². The van der Waals surface area contributed by atoms with Crippen molar-refractivity contribution in [3.8, 4) is 11.5 Å². The van der Waals surface area contributed by atoms with Gasteiger partial charge in [-0.1, -0.05) is 0 Å². The molecule has 38 heavy (non-hydrogen) atoms. The van der Waals surface area contributed by atoms with E-state index in [1.165, 1.54) is 7.11 Å². The normalized spacial score (nSPS) is 29.6. The number of esters is 2. The molecule has 1 spiro atoms. The van der Waals surface area contributed by atoms with Crippen molar-refractivity contribution in [2.24, 2.45) is 0 Å². The lowest BCUT2D eigenvalue weighted by Gasteiger charge is -2.40. The summed E-state index contributed by atoms with van der Waals surface area (Å²) in [6, 6.07) is 4.04. The predicted octanol–water partition coefficient (Wildman–Crippen LogP) is 2.07. The molecule has 4 aliphatic rings. The molecule has 1 saturated heterocycles. The first-order chi connectivity index (χ1) is 18.0. The predicted molar refractivity (Wildman–Crippen MR) is 135 cm³/mol. The summed E-state index contributed by atoms with van der Waals surface area (Å²) in [5, 5.41) is 21.7. The van der Waals surface area contributed by atoms with Crippen LogP contribution in [0.15, 0.2) is 12.1 Å². The first kappa shape index (κ1) is 27.2. The Morgan fingerprint density at radius 1 is 1.13 bits per heavy atom. The summed E-state index contributed by atoms with van der Waals surface area (Å²) in [5.41, 5.74) is -1.40. The molecule has 5 rings (SSSR count). The summed E-state index contributed by atoms with van der Waals surface area (Å²) >= 11 is 0. The minimum atomic E-state index is -2.15. The Labute approximate surface area is 223 Å². The number of carbonyl (C=O) groups is 2. The van der Waals surface area contributed by atoms with Gasteiger partial charge >= 0.3 is 11.9 Å². The maximum atomic E-state index is 13.7. The molecule has 1 aliphatic carbocycles. The van der Waals surface area contributed by atoms with E-state index < -0.39 is 41.8 Å². The maximum absolute atomic E-state index is 13.7. The van der Waals surface area contributed by atoms with Gasteiger partial charge in [0.25, 0.3) is 0 Å². The van der Waals surface area contributed by atoms with E-state index in [9.17, 15) is 19.8 Å². The van der Waals surface area contributed by atoms with E-state index in [1.54, 1.807) is 21.0 Å². The van der Waals surface area contributed by atoms with E-state index in [0.29, 0.717) is 17.9 Å². The topological polar surface area (TPSA) is 124 Å². The number of hydrogen-bond donors (Lipinski definition) is 2. The van der Waals surface area contributed by atoms with Gasteiger partial charge in [0.2, 0.25) is 6.79 Å². The standard InChI is InChI=1S/C28H39NO9/c1-26(2,32)8-9-28(33,15-22(30)35-4)25(31)38-24-21(34-3)14-27-7-5-10-29(27)11-6-17-12-19-20(37-16-36-19)13-18(17)23(24)27/h12-13,21,23-24,32-33H,5-11,14-16H2,1-4H3/t21-,23+,24-,27+,28-/m0/s1. The lowest BCUT2D eigenvalue weighted by atomic mass is 9.78. The first-order valence-electron chi connectivity index (χ1n) is 13.4. The molecule has 2 fully saturated rings. The fraction of sp³-hybridized carbons (Fsp3) is 0.714. The number of rotatable bonds is 8. The highest BCUT2D eigenvalue weighted by Gasteiger charge is 2.62. The van der Waals surface area contributed by atoms with Crippen LogP contribution < -0.4 is 9.47 Å². The van der Waals surface area contributed by atoms with Crippen molar-refractivity contribution in [2.75, 3.05) is 34.1 Å². The third kappa shape index (κ3) is 4.76. The second-order valence-corrected chi connectivity index (χ2v) is 11.8. The van der Waals surface area contributed by atoms with Gasteiger partial charge in [-0.05, 0) is 82.2 Å². The van der Waals surface area contributed by atoms with E-state index in [-0.39, 0.29) is 31.1 Å². The van der Waals surface area contributed by atoms with Crippen LogP contribution in [-0.2, 0) is 30.2 Å². The molecule has 3 heterocycles. The van der Waals surface area contributed by atoms with E-state index in [4.69, 9.17) is 23.7 Å². The van der Waals surface area contributed by atoms with E-state index in [1.807, 2.05) is 12.1 Å². The van der Waals surface area contributed by atoms with Crippen molar-refractivity contribution in [3.05, 3.63) is 23.3 Å². The van der Waals surface area contributed by atoms with Crippen LogP contribution in [0.2, 0.25) is 0 Å². The molecule has 0 unspecified atom stereocenters. The fourth-order valence-corrected chi connectivity index (χ4v) is 6.90. The highest BCUT2D eigenvalue weighted by atomic mass is 16.7. The summed E-state index contributed by atoms with van der Waals surface area (Å²) in [7, 11) is 2.81. The van der Waals surface area contributed by atoms with Crippen molar-refractivity contribution in [1.82, 2.24) is 4.90 Å². The second kappa shape index (κ2) is 9.97. The van der Waals surface area contributed by atoms with E-state index >= 15 is 0 Å². The molecular weight excluding hydrogens is 494 g/mol. The van der Waals surface area contributed by atoms with Crippen LogP contribution in [0.25, 0.3) is 0 Å². The van der Waals surface area contributed by atoms with Crippen LogP contribution in [-0.4, -0.2) is 90.1 Å². The van der Waals surface area contributed by atoms with Gasteiger partial charge in [0.15, 0.2) is 17.1 Å². The van der Waals surface area contributed by atoms with E-state index in [0.717, 1.165) is 43.5 Å². The molecule has 2 N–H and O–H groups in total. The highest BCUT2D eigenvalue weighted by Crippen LogP contribution is 2.57. The van der Waals surface area contributed by atoms with Gasteiger partial charge in [-0.25, -0.2) is 4.79 Å². The van der Waals surface area contributed by atoms with Gasteiger partial charge in [-0.2, -0.15) is 0 Å². The fourth-order valence-electron chi connectivity index (χ4n) is 6.90. The molecule has 1 saturated carbocycles. The summed E-state index contributed by atoms with van der Waals surface area (Å²) in [6.45, 7) is 5.16. The summed E-state index contributed by atoms with van der Waals surface area (Å²) < 4.78 is 28.2. The van der Waals surface area contributed by atoms with Crippen LogP contribution in [0.4, 0.5) is 0 Å². The highest BCUT2D eigenvalue weighted by molar-refractivity contribution is 5.86. The lowest BCUT2D eigenvalue weighted by Crippen LogP contribution is -2.49. The minimum Gasteiger partial charge on any atom is -0.469 e. The summed E-state index contributed by atoms with van der Waals surface area (Å²) in [6.07, 6.45) is 1.73.